The Morgan fingerprint density at radius 3 is 1.50 bits per heavy atom. The minimum absolute atomic E-state index is 0.898. The molecule has 16 heavy (non-hydrogen) atoms. The standard InChI is InChI=1S/C7H16N2.2C3H7.Sn/c1-3-8-6-5-7-9-4-2;2*1-3-2;/h3-7H2,1-2H3;2*3H,1-2H3;/q-2;;;+2. The summed E-state index contributed by atoms with van der Waals surface area (Å²) in [5.74, 6) is 0. The second-order valence-electron chi connectivity index (χ2n) is 5.61. The van der Waals surface area contributed by atoms with Crippen LogP contribution in [0.4, 0.5) is 0 Å². The van der Waals surface area contributed by atoms with Crippen molar-refractivity contribution in [3.63, 3.8) is 0 Å². The number of rotatable bonds is 4. The molecule has 1 rings (SSSR count). The molecule has 0 aromatic heterocycles. The van der Waals surface area contributed by atoms with E-state index in [2.05, 4.69) is 47.8 Å². The first kappa shape index (κ1) is 14.8. The molecule has 1 aliphatic heterocycles. The fourth-order valence-electron chi connectivity index (χ4n) is 3.96. The van der Waals surface area contributed by atoms with E-state index in [4.69, 9.17) is 0 Å². The van der Waals surface area contributed by atoms with E-state index in [0.29, 0.717) is 0 Å². The van der Waals surface area contributed by atoms with E-state index in [1.165, 1.54) is 32.6 Å². The fourth-order valence-corrected chi connectivity index (χ4v) is 23.1. The van der Waals surface area contributed by atoms with Crippen molar-refractivity contribution in [1.82, 2.24) is 6.24 Å². The van der Waals surface area contributed by atoms with Crippen molar-refractivity contribution in [2.45, 2.75) is 55.8 Å². The van der Waals surface area contributed by atoms with Gasteiger partial charge in [0.05, 0.1) is 0 Å². The Morgan fingerprint density at radius 1 is 0.875 bits per heavy atom. The van der Waals surface area contributed by atoms with Crippen LogP contribution in [-0.4, -0.2) is 51.3 Å². The molecule has 0 aromatic carbocycles. The van der Waals surface area contributed by atoms with Crippen LogP contribution in [0, 0.1) is 0 Å². The number of nitrogens with zero attached hydrogens (tertiary/aromatic N) is 2. The molecular weight excluding hydrogens is 303 g/mol. The summed E-state index contributed by atoms with van der Waals surface area (Å²) in [7, 11) is 0. The minimum atomic E-state index is -2.30. The van der Waals surface area contributed by atoms with E-state index in [-0.39, 0.29) is 0 Å². The number of hydrogen-bond donors (Lipinski definition) is 0. The summed E-state index contributed by atoms with van der Waals surface area (Å²) < 4.78 is 7.62. The molecule has 0 atom stereocenters. The Labute approximate surface area is 107 Å². The third kappa shape index (κ3) is 2.30. The molecule has 1 fully saturated rings. The van der Waals surface area contributed by atoms with Gasteiger partial charge in [0.1, 0.15) is 0 Å². The predicted octanol–water partition coefficient (Wildman–Crippen LogP) is 3.30. The maximum absolute atomic E-state index is 2.91. The molecule has 0 spiro atoms. The van der Waals surface area contributed by atoms with Gasteiger partial charge in [-0.15, -0.1) is 0 Å². The summed E-state index contributed by atoms with van der Waals surface area (Å²) in [5, 5.41) is 0. The van der Waals surface area contributed by atoms with Gasteiger partial charge in [0.25, 0.3) is 0 Å². The first-order chi connectivity index (χ1) is 7.51. The van der Waals surface area contributed by atoms with Crippen molar-refractivity contribution in [1.29, 1.82) is 0 Å². The summed E-state index contributed by atoms with van der Waals surface area (Å²) in [5.41, 5.74) is 0. The molecule has 0 N–H and O–H groups in total. The van der Waals surface area contributed by atoms with Gasteiger partial charge in [-0.25, -0.2) is 0 Å². The second-order valence-corrected chi connectivity index (χ2v) is 20.3. The van der Waals surface area contributed by atoms with Crippen LogP contribution in [0.3, 0.4) is 0 Å². The van der Waals surface area contributed by atoms with Crippen molar-refractivity contribution in [2.75, 3.05) is 26.2 Å². The van der Waals surface area contributed by atoms with E-state index in [9.17, 15) is 0 Å². The van der Waals surface area contributed by atoms with E-state index in [1.807, 2.05) is 0 Å². The summed E-state index contributed by atoms with van der Waals surface area (Å²) >= 11 is -2.30. The van der Waals surface area contributed by atoms with E-state index >= 15 is 0 Å². The number of hydrogen-bond acceptors (Lipinski definition) is 2. The van der Waals surface area contributed by atoms with Crippen LogP contribution in [0.5, 0.6) is 0 Å². The van der Waals surface area contributed by atoms with Crippen LogP contribution in [0.2, 0.25) is 7.87 Å². The molecule has 1 saturated heterocycles. The molecular formula is C13H30N2Sn. The average molecular weight is 333 g/mol. The van der Waals surface area contributed by atoms with Crippen molar-refractivity contribution in [2.24, 2.45) is 0 Å². The maximum atomic E-state index is 2.91. The van der Waals surface area contributed by atoms with Gasteiger partial charge in [0.15, 0.2) is 0 Å². The molecule has 1 heterocycles. The van der Waals surface area contributed by atoms with Crippen molar-refractivity contribution in [3.05, 3.63) is 0 Å². The SMILES string of the molecule is CC[N]1CCC[N](CC)[Sn]1([CH](C)C)[CH](C)C. The molecule has 0 unspecified atom stereocenters. The quantitative estimate of drug-likeness (QED) is 0.729. The van der Waals surface area contributed by atoms with E-state index < -0.39 is 18.9 Å². The Kier molecular flexibility index (Phi) is 5.59. The van der Waals surface area contributed by atoms with Gasteiger partial charge < -0.3 is 0 Å². The van der Waals surface area contributed by atoms with Gasteiger partial charge in [-0.1, -0.05) is 0 Å². The third-order valence-electron chi connectivity index (χ3n) is 4.33. The molecule has 0 aliphatic carbocycles. The summed E-state index contributed by atoms with van der Waals surface area (Å²) in [6.45, 7) is 19.9. The molecule has 0 saturated carbocycles. The van der Waals surface area contributed by atoms with Crippen LogP contribution in [0.1, 0.15) is 48.0 Å². The summed E-state index contributed by atoms with van der Waals surface area (Å²) in [4.78, 5) is 0. The molecule has 0 aromatic rings. The Bertz CT molecular complexity index is 194. The fraction of sp³-hybridized carbons (Fsp3) is 1.00. The zero-order valence-corrected chi connectivity index (χ0v) is 14.9. The Hall–Kier alpha value is 0.719. The topological polar surface area (TPSA) is 6.48 Å². The first-order valence-electron chi connectivity index (χ1n) is 7.01. The summed E-state index contributed by atoms with van der Waals surface area (Å²) in [6.07, 6.45) is 1.37. The normalized spacial score (nSPS) is 23.2. The van der Waals surface area contributed by atoms with Crippen LogP contribution >= 0.6 is 0 Å². The third-order valence-corrected chi connectivity index (χ3v) is 22.9. The van der Waals surface area contributed by atoms with Gasteiger partial charge >= 0.3 is 107 Å². The molecule has 0 bridgehead atoms. The van der Waals surface area contributed by atoms with Crippen LogP contribution in [0.15, 0.2) is 0 Å². The van der Waals surface area contributed by atoms with Gasteiger partial charge in [-0.2, -0.15) is 0 Å². The van der Waals surface area contributed by atoms with Gasteiger partial charge in [-0.05, 0) is 0 Å². The molecule has 2 nitrogen and oxygen atoms in total. The zero-order chi connectivity index (χ0) is 12.3. The second kappa shape index (κ2) is 6.05. The molecule has 96 valence electrons. The van der Waals surface area contributed by atoms with Gasteiger partial charge in [0, 0.05) is 0 Å². The van der Waals surface area contributed by atoms with Gasteiger partial charge in [0.2, 0.25) is 0 Å². The molecule has 0 radical (unpaired) electrons. The molecule has 0 amide bonds. The zero-order valence-electron chi connectivity index (χ0n) is 12.1. The van der Waals surface area contributed by atoms with E-state index in [0.717, 1.165) is 7.87 Å². The summed E-state index contributed by atoms with van der Waals surface area (Å²) in [6, 6.07) is 0. The van der Waals surface area contributed by atoms with Crippen LogP contribution in [-0.2, 0) is 0 Å². The van der Waals surface area contributed by atoms with Crippen molar-refractivity contribution in [3.8, 4) is 0 Å². The Morgan fingerprint density at radius 2 is 1.25 bits per heavy atom. The van der Waals surface area contributed by atoms with Crippen LogP contribution < -0.4 is 0 Å². The van der Waals surface area contributed by atoms with E-state index in [1.54, 1.807) is 0 Å². The van der Waals surface area contributed by atoms with Crippen LogP contribution in [0.25, 0.3) is 0 Å². The van der Waals surface area contributed by atoms with Crippen molar-refractivity contribution >= 4 is 18.9 Å². The first-order valence-corrected chi connectivity index (χ1v) is 12.9. The average Bonchev–Trinajstić information content (AvgIpc) is 2.26. The molecule has 3 heteroatoms. The predicted molar refractivity (Wildman–Crippen MR) is 75.1 cm³/mol. The Balaban J connectivity index is 3.11. The van der Waals surface area contributed by atoms with Crippen molar-refractivity contribution < 1.29 is 0 Å². The molecule has 1 aliphatic rings. The monoisotopic (exact) mass is 334 g/mol. The van der Waals surface area contributed by atoms with Gasteiger partial charge in [-0.3, -0.25) is 0 Å².